The number of pyridine rings is 1. The smallest absolute Gasteiger partial charge is 0.317 e. The average Bonchev–Trinajstić information content (AvgIpc) is 3.03. The van der Waals surface area contributed by atoms with E-state index in [0.29, 0.717) is 12.1 Å². The standard InChI is InChI=1S/C20H28N4O/c1-13(16-4-2-3-7-21-16)23-8-10-24(11-9-23)20(25)22-19-17-14-5-6-15(12-14)18(17)19/h2-4,7,13-15,17-19H,5-6,8-12H2,1H3,(H,22,25)/t13-,14-,15-,17-,18+,19?/m0/s1. The summed E-state index contributed by atoms with van der Waals surface area (Å²) in [5.41, 5.74) is 1.11. The fraction of sp³-hybridized carbons (Fsp3) is 0.700. The molecule has 3 saturated carbocycles. The van der Waals surface area contributed by atoms with Gasteiger partial charge in [-0.3, -0.25) is 9.88 Å². The number of piperazine rings is 1. The van der Waals surface area contributed by atoms with Gasteiger partial charge in [0.05, 0.1) is 5.69 Å². The molecule has 6 atom stereocenters. The molecule has 5 nitrogen and oxygen atoms in total. The zero-order valence-electron chi connectivity index (χ0n) is 15.0. The number of nitrogens with zero attached hydrogens (tertiary/aromatic N) is 3. The van der Waals surface area contributed by atoms with Crippen molar-refractivity contribution in [3.63, 3.8) is 0 Å². The SMILES string of the molecule is C[C@@H](c1ccccn1)N1CCN(C(=O)NC2[C@@H]3[C@H]4CC[C@@H](C4)[C@H]23)CC1. The first-order valence-electron chi connectivity index (χ1n) is 9.93. The molecule has 0 radical (unpaired) electrons. The monoisotopic (exact) mass is 340 g/mol. The van der Waals surface area contributed by atoms with Gasteiger partial charge in [0.1, 0.15) is 0 Å². The third-order valence-electron chi connectivity index (χ3n) is 7.29. The number of hydrogen-bond acceptors (Lipinski definition) is 3. The van der Waals surface area contributed by atoms with Crippen LogP contribution in [0.5, 0.6) is 0 Å². The van der Waals surface area contributed by atoms with Crippen LogP contribution < -0.4 is 5.32 Å². The van der Waals surface area contributed by atoms with Crippen molar-refractivity contribution < 1.29 is 4.79 Å². The topological polar surface area (TPSA) is 48.5 Å². The highest BCUT2D eigenvalue weighted by atomic mass is 16.2. The molecule has 2 bridgehead atoms. The first-order chi connectivity index (χ1) is 12.2. The molecule has 1 saturated heterocycles. The van der Waals surface area contributed by atoms with E-state index >= 15 is 0 Å². The van der Waals surface area contributed by atoms with Crippen LogP contribution in [0.25, 0.3) is 0 Å². The molecular formula is C20H28N4O. The van der Waals surface area contributed by atoms with Crippen molar-refractivity contribution in [2.75, 3.05) is 26.2 Å². The van der Waals surface area contributed by atoms with E-state index in [1.54, 1.807) is 0 Å². The van der Waals surface area contributed by atoms with Crippen LogP contribution in [0.15, 0.2) is 24.4 Å². The zero-order valence-corrected chi connectivity index (χ0v) is 15.0. The summed E-state index contributed by atoms with van der Waals surface area (Å²) in [6.07, 6.45) is 6.10. The third kappa shape index (κ3) is 2.64. The van der Waals surface area contributed by atoms with Crippen molar-refractivity contribution in [2.45, 2.75) is 38.3 Å². The molecule has 25 heavy (non-hydrogen) atoms. The third-order valence-corrected chi connectivity index (χ3v) is 7.29. The molecule has 5 heteroatoms. The summed E-state index contributed by atoms with van der Waals surface area (Å²) in [4.78, 5) is 21.6. The van der Waals surface area contributed by atoms with Crippen LogP contribution in [0.3, 0.4) is 0 Å². The Labute approximate surface area is 149 Å². The molecule has 1 aromatic rings. The summed E-state index contributed by atoms with van der Waals surface area (Å²) in [6.45, 7) is 5.69. The van der Waals surface area contributed by atoms with Gasteiger partial charge in [0, 0.05) is 44.5 Å². The van der Waals surface area contributed by atoms with Crippen molar-refractivity contribution in [1.29, 1.82) is 0 Å². The Morgan fingerprint density at radius 1 is 1.16 bits per heavy atom. The maximum absolute atomic E-state index is 12.6. The summed E-state index contributed by atoms with van der Waals surface area (Å²) >= 11 is 0. The van der Waals surface area contributed by atoms with Crippen molar-refractivity contribution in [3.8, 4) is 0 Å². The fourth-order valence-electron chi connectivity index (χ4n) is 5.87. The van der Waals surface area contributed by atoms with Crippen LogP contribution in [0, 0.1) is 23.7 Å². The fourth-order valence-corrected chi connectivity index (χ4v) is 5.87. The molecule has 2 amide bonds. The molecular weight excluding hydrogens is 312 g/mol. The summed E-state index contributed by atoms with van der Waals surface area (Å²) in [5, 5.41) is 3.36. The maximum atomic E-state index is 12.6. The Morgan fingerprint density at radius 3 is 2.52 bits per heavy atom. The number of carbonyl (C=O) groups is 1. The van der Waals surface area contributed by atoms with E-state index in [0.717, 1.165) is 55.5 Å². The first-order valence-corrected chi connectivity index (χ1v) is 9.93. The molecule has 5 rings (SSSR count). The molecule has 1 N–H and O–H groups in total. The lowest BCUT2D eigenvalue weighted by Gasteiger charge is -2.37. The van der Waals surface area contributed by atoms with E-state index in [9.17, 15) is 4.79 Å². The Kier molecular flexibility index (Phi) is 3.73. The quantitative estimate of drug-likeness (QED) is 0.920. The minimum absolute atomic E-state index is 0.170. The Balaban J connectivity index is 1.13. The predicted molar refractivity (Wildman–Crippen MR) is 95.9 cm³/mol. The Hall–Kier alpha value is -1.62. The molecule has 1 aliphatic heterocycles. The molecule has 0 aromatic carbocycles. The Morgan fingerprint density at radius 2 is 1.88 bits per heavy atom. The van der Waals surface area contributed by atoms with Gasteiger partial charge in [0.15, 0.2) is 0 Å². The predicted octanol–water partition coefficient (Wildman–Crippen LogP) is 2.51. The van der Waals surface area contributed by atoms with Gasteiger partial charge >= 0.3 is 6.03 Å². The van der Waals surface area contributed by atoms with E-state index < -0.39 is 0 Å². The number of rotatable bonds is 3. The second-order valence-electron chi connectivity index (χ2n) is 8.42. The minimum Gasteiger partial charge on any atom is -0.335 e. The molecule has 2 heterocycles. The van der Waals surface area contributed by atoms with Gasteiger partial charge in [-0.05, 0) is 62.0 Å². The first kappa shape index (κ1) is 15.6. The molecule has 4 aliphatic rings. The van der Waals surface area contributed by atoms with E-state index in [4.69, 9.17) is 0 Å². The van der Waals surface area contributed by atoms with Gasteiger partial charge in [0.25, 0.3) is 0 Å². The van der Waals surface area contributed by atoms with Crippen LogP contribution >= 0.6 is 0 Å². The van der Waals surface area contributed by atoms with Gasteiger partial charge in [-0.15, -0.1) is 0 Å². The van der Waals surface area contributed by atoms with Crippen LogP contribution in [0.1, 0.15) is 37.9 Å². The number of fused-ring (bicyclic) bond motifs is 5. The van der Waals surface area contributed by atoms with Gasteiger partial charge < -0.3 is 10.2 Å². The molecule has 1 unspecified atom stereocenters. The lowest BCUT2D eigenvalue weighted by atomic mass is 10.0. The number of amides is 2. The number of hydrogen-bond donors (Lipinski definition) is 1. The highest BCUT2D eigenvalue weighted by Gasteiger charge is 2.65. The molecule has 134 valence electrons. The maximum Gasteiger partial charge on any atom is 0.317 e. The normalized spacial score (nSPS) is 37.6. The van der Waals surface area contributed by atoms with E-state index in [1.165, 1.54) is 19.3 Å². The van der Waals surface area contributed by atoms with E-state index in [1.807, 2.05) is 23.2 Å². The second kappa shape index (κ2) is 5.97. The van der Waals surface area contributed by atoms with Crippen LogP contribution in [0.4, 0.5) is 4.79 Å². The van der Waals surface area contributed by atoms with Crippen molar-refractivity contribution in [3.05, 3.63) is 30.1 Å². The van der Waals surface area contributed by atoms with Crippen LogP contribution in [-0.2, 0) is 0 Å². The van der Waals surface area contributed by atoms with Gasteiger partial charge in [-0.1, -0.05) is 6.07 Å². The highest BCUT2D eigenvalue weighted by Crippen LogP contribution is 2.65. The lowest BCUT2D eigenvalue weighted by molar-refractivity contribution is 0.112. The zero-order chi connectivity index (χ0) is 17.0. The molecule has 4 fully saturated rings. The second-order valence-corrected chi connectivity index (χ2v) is 8.42. The lowest BCUT2D eigenvalue weighted by Crippen LogP contribution is -2.53. The molecule has 0 spiro atoms. The van der Waals surface area contributed by atoms with Crippen LogP contribution in [-0.4, -0.2) is 53.0 Å². The van der Waals surface area contributed by atoms with Crippen molar-refractivity contribution >= 4 is 6.03 Å². The summed E-state index contributed by atoms with van der Waals surface area (Å²) in [5.74, 6) is 3.45. The number of nitrogens with one attached hydrogen (secondary N) is 1. The number of urea groups is 1. The molecule has 3 aliphatic carbocycles. The minimum atomic E-state index is 0.170. The van der Waals surface area contributed by atoms with Gasteiger partial charge in [-0.25, -0.2) is 4.79 Å². The van der Waals surface area contributed by atoms with Gasteiger partial charge in [-0.2, -0.15) is 0 Å². The highest BCUT2D eigenvalue weighted by molar-refractivity contribution is 5.75. The van der Waals surface area contributed by atoms with Crippen LogP contribution in [0.2, 0.25) is 0 Å². The summed E-state index contributed by atoms with van der Waals surface area (Å²) in [6, 6.07) is 7.06. The van der Waals surface area contributed by atoms with Crippen molar-refractivity contribution in [2.24, 2.45) is 23.7 Å². The average molecular weight is 340 g/mol. The summed E-state index contributed by atoms with van der Waals surface area (Å²) in [7, 11) is 0. The largest absolute Gasteiger partial charge is 0.335 e. The Bertz CT molecular complexity index is 626. The van der Waals surface area contributed by atoms with E-state index in [2.05, 4.69) is 28.2 Å². The summed E-state index contributed by atoms with van der Waals surface area (Å²) < 4.78 is 0. The number of aromatic nitrogens is 1. The number of carbonyl (C=O) groups excluding carboxylic acids is 1. The van der Waals surface area contributed by atoms with E-state index in [-0.39, 0.29) is 6.03 Å². The van der Waals surface area contributed by atoms with Gasteiger partial charge in [0.2, 0.25) is 0 Å². The van der Waals surface area contributed by atoms with Crippen molar-refractivity contribution in [1.82, 2.24) is 20.1 Å². The molecule has 1 aromatic heterocycles.